The highest BCUT2D eigenvalue weighted by Gasteiger charge is 2.22. The fraction of sp³-hybridized carbons (Fsp3) is 0.690. The van der Waals surface area contributed by atoms with Crippen LogP contribution in [-0.4, -0.2) is 82.3 Å². The summed E-state index contributed by atoms with van der Waals surface area (Å²) in [5.74, 6) is -2.34. The first kappa shape index (κ1) is 91.2. The maximum Gasteiger partial charge on any atom is 0.306 e. The second-order valence-electron chi connectivity index (χ2n) is 27.3. The van der Waals surface area contributed by atoms with Crippen LogP contribution in [0.25, 0.3) is 0 Å². The van der Waals surface area contributed by atoms with Crippen LogP contribution in [0.15, 0.2) is 146 Å². The van der Waals surface area contributed by atoms with Gasteiger partial charge in [0.2, 0.25) is 0 Å². The molecule has 0 saturated heterocycles. The van der Waals surface area contributed by atoms with E-state index in [0.717, 1.165) is 109 Å². The first-order chi connectivity index (χ1) is 47.1. The number of carboxylic acids is 1. The third-order valence-corrected chi connectivity index (χ3v) is 16.9. The van der Waals surface area contributed by atoms with Gasteiger partial charge in [-0.2, -0.15) is 0 Å². The zero-order chi connectivity index (χ0) is 69.7. The number of aliphatic carboxylic acids is 1. The highest BCUT2D eigenvalue weighted by atomic mass is 16.7. The summed E-state index contributed by atoms with van der Waals surface area (Å²) in [6.45, 7) is 4.61. The van der Waals surface area contributed by atoms with Crippen molar-refractivity contribution in [3.05, 3.63) is 146 Å². The van der Waals surface area contributed by atoms with E-state index in [2.05, 4.69) is 160 Å². The van der Waals surface area contributed by atoms with Gasteiger partial charge >= 0.3 is 11.9 Å². The van der Waals surface area contributed by atoms with Gasteiger partial charge in [0, 0.05) is 12.8 Å². The number of carbonyl (C=O) groups is 3. The number of carboxylic acid groups (broad SMARTS) is 1. The molecule has 0 aliphatic rings. The van der Waals surface area contributed by atoms with Gasteiger partial charge in [-0.3, -0.25) is 9.59 Å². The number of hydrogen-bond donors (Lipinski definition) is 0. The lowest BCUT2D eigenvalue weighted by Crippen LogP contribution is -2.44. The van der Waals surface area contributed by atoms with E-state index in [9.17, 15) is 19.5 Å². The Morgan fingerprint density at radius 3 is 0.885 bits per heavy atom. The molecular weight excluding hydrogens is 1190 g/mol. The molecule has 0 radical (unpaired) electrons. The van der Waals surface area contributed by atoms with Crippen LogP contribution in [0.1, 0.15) is 328 Å². The monoisotopic (exact) mass is 1330 g/mol. The van der Waals surface area contributed by atoms with Gasteiger partial charge in [-0.15, -0.1) is 0 Å². The minimum absolute atomic E-state index is 0.133. The highest BCUT2D eigenvalue weighted by Crippen LogP contribution is 2.18. The summed E-state index contributed by atoms with van der Waals surface area (Å²) in [4.78, 5) is 37.6. The van der Waals surface area contributed by atoms with Gasteiger partial charge in [0.05, 0.1) is 40.3 Å². The van der Waals surface area contributed by atoms with Crippen LogP contribution in [-0.2, 0) is 33.3 Å². The molecule has 0 aliphatic carbocycles. The molecular formula is C87H147NO8. The second kappa shape index (κ2) is 75.9. The fourth-order valence-corrected chi connectivity index (χ4v) is 10.9. The van der Waals surface area contributed by atoms with Crippen LogP contribution < -0.4 is 5.11 Å². The number of nitrogens with zero attached hydrogens (tertiary/aromatic N) is 1. The fourth-order valence-electron chi connectivity index (χ4n) is 10.9. The third-order valence-electron chi connectivity index (χ3n) is 16.9. The van der Waals surface area contributed by atoms with Gasteiger partial charge in [-0.1, -0.05) is 359 Å². The molecule has 9 nitrogen and oxygen atoms in total. The standard InChI is InChI=1S/C87H147NO8/c1-6-8-10-12-14-16-18-20-22-24-26-28-30-32-34-36-38-40-41-42-43-44-45-46-48-50-52-54-56-58-60-62-64-66-68-70-72-74-76-78-85(90)96-83(82-95-87(86(91)92)93-80-79-88(3,4)5)81-94-84(89)77-75-73-71-69-67-65-63-61-59-57-55-53-51-49-47-39-37-35-33-31-29-27-25-23-21-19-17-15-13-11-9-7-2/h8,10,14,16,20,22,26,28,32,34,38,40,42-43,45-46,50,52,56,58,62,64,68,70,83,87H,6-7,9,11-13,15,17-19,21,23-25,27,29-31,33,35-37,39,41,44,47-49,51,53-55,57,59-61,63,65-67,69,71-82H2,1-5H3/b10-8-,16-14-,22-20-,28-26-,34-32-,40-38-,43-42-,46-45-,52-50-,58-56-,64-62-,70-68-. The molecule has 0 aromatic rings. The van der Waals surface area contributed by atoms with Crippen molar-refractivity contribution >= 4 is 17.9 Å². The molecule has 9 heteroatoms. The van der Waals surface area contributed by atoms with Crippen LogP contribution in [0, 0.1) is 0 Å². The van der Waals surface area contributed by atoms with Gasteiger partial charge in [0.1, 0.15) is 13.2 Å². The molecule has 0 rings (SSSR count). The zero-order valence-electron chi connectivity index (χ0n) is 62.7. The van der Waals surface area contributed by atoms with Crippen molar-refractivity contribution in [3.63, 3.8) is 0 Å². The molecule has 0 fully saturated rings. The third kappa shape index (κ3) is 76.5. The minimum atomic E-state index is -1.64. The Morgan fingerprint density at radius 1 is 0.323 bits per heavy atom. The molecule has 96 heavy (non-hydrogen) atoms. The van der Waals surface area contributed by atoms with E-state index < -0.39 is 24.3 Å². The van der Waals surface area contributed by atoms with Crippen molar-refractivity contribution in [3.8, 4) is 0 Å². The summed E-state index contributed by atoms with van der Waals surface area (Å²) < 4.78 is 22.8. The maximum atomic E-state index is 12.9. The molecule has 0 aliphatic heterocycles. The number of allylic oxidation sites excluding steroid dienone is 24. The molecule has 0 N–H and O–H groups in total. The summed E-state index contributed by atoms with van der Waals surface area (Å²) >= 11 is 0. The Balaban J connectivity index is 4.17. The van der Waals surface area contributed by atoms with Crippen LogP contribution in [0.5, 0.6) is 0 Å². The molecule has 0 amide bonds. The number of hydrogen-bond acceptors (Lipinski definition) is 8. The number of carbonyl (C=O) groups excluding carboxylic acids is 3. The number of unbranched alkanes of at least 4 members (excludes halogenated alkanes) is 33. The molecule has 0 aromatic carbocycles. The number of rotatable bonds is 72. The Morgan fingerprint density at radius 2 is 0.594 bits per heavy atom. The highest BCUT2D eigenvalue weighted by molar-refractivity contribution is 5.70. The predicted molar refractivity (Wildman–Crippen MR) is 412 cm³/mol. The van der Waals surface area contributed by atoms with Crippen LogP contribution in [0.3, 0.4) is 0 Å². The number of quaternary nitrogens is 1. The van der Waals surface area contributed by atoms with Crippen molar-refractivity contribution < 1.29 is 42.9 Å². The summed E-state index contributed by atoms with van der Waals surface area (Å²) in [6, 6.07) is 0. The van der Waals surface area contributed by atoms with Gasteiger partial charge in [0.25, 0.3) is 0 Å². The van der Waals surface area contributed by atoms with Gasteiger partial charge < -0.3 is 33.3 Å². The average Bonchev–Trinajstić information content (AvgIpc) is 2.40. The zero-order valence-corrected chi connectivity index (χ0v) is 62.7. The average molecular weight is 1340 g/mol. The lowest BCUT2D eigenvalue weighted by Gasteiger charge is -2.26. The molecule has 2 atom stereocenters. The second-order valence-corrected chi connectivity index (χ2v) is 27.3. The largest absolute Gasteiger partial charge is 0.545 e. The first-order valence-electron chi connectivity index (χ1n) is 39.5. The van der Waals surface area contributed by atoms with Gasteiger partial charge in [0.15, 0.2) is 12.4 Å². The normalized spacial score (nSPS) is 13.5. The lowest BCUT2D eigenvalue weighted by molar-refractivity contribution is -0.870. The van der Waals surface area contributed by atoms with Crippen LogP contribution >= 0.6 is 0 Å². The quantitative estimate of drug-likeness (QED) is 0.0195. The Bertz CT molecular complexity index is 2090. The summed E-state index contributed by atoms with van der Waals surface area (Å²) in [6.07, 6.45) is 108. The Kier molecular flexibility index (Phi) is 72.1. The van der Waals surface area contributed by atoms with Crippen molar-refractivity contribution in [2.24, 2.45) is 0 Å². The van der Waals surface area contributed by atoms with Crippen LogP contribution in [0.4, 0.5) is 0 Å². The number of esters is 2. The van der Waals surface area contributed by atoms with Crippen molar-refractivity contribution in [2.45, 2.75) is 341 Å². The molecule has 0 aromatic heterocycles. The van der Waals surface area contributed by atoms with E-state index in [4.69, 9.17) is 18.9 Å². The van der Waals surface area contributed by atoms with Crippen molar-refractivity contribution in [1.29, 1.82) is 0 Å². The molecule has 2 unspecified atom stereocenters. The molecule has 0 saturated carbocycles. The molecule has 0 spiro atoms. The van der Waals surface area contributed by atoms with E-state index >= 15 is 0 Å². The Labute approximate surface area is 592 Å². The van der Waals surface area contributed by atoms with Gasteiger partial charge in [-0.05, 0) is 103 Å². The maximum absolute atomic E-state index is 12.9. The number of likely N-dealkylation sites (N-methyl/N-ethyl adjacent to an activating group) is 1. The summed E-state index contributed by atoms with van der Waals surface area (Å²) in [5, 5.41) is 11.9. The van der Waals surface area contributed by atoms with E-state index in [-0.39, 0.29) is 38.6 Å². The predicted octanol–water partition coefficient (Wildman–Crippen LogP) is 24.1. The summed E-state index contributed by atoms with van der Waals surface area (Å²) in [7, 11) is 5.92. The first-order valence-corrected chi connectivity index (χ1v) is 39.5. The van der Waals surface area contributed by atoms with Gasteiger partial charge in [-0.25, -0.2) is 0 Å². The topological polar surface area (TPSA) is 111 Å². The number of ether oxygens (including phenoxy) is 4. The molecule has 0 heterocycles. The van der Waals surface area contributed by atoms with E-state index in [0.29, 0.717) is 17.4 Å². The minimum Gasteiger partial charge on any atom is -0.545 e. The smallest absolute Gasteiger partial charge is 0.306 e. The molecule has 0 bridgehead atoms. The SMILES string of the molecule is CC/C=C\C/C=C\C/C=C\C/C=C\C/C=C\C/C=C\C/C=C\C/C=C\C/C=C\C/C=C\C/C=C\C/C=C\CCCCC(=O)OC(COC(=O)CCCCCCCCCCCCCCCCCCCCCCCCCCCCCCCCCC)COC(OCC[N+](C)(C)C)C(=O)[O-]. The van der Waals surface area contributed by atoms with Crippen molar-refractivity contribution in [1.82, 2.24) is 0 Å². The summed E-state index contributed by atoms with van der Waals surface area (Å²) in [5.41, 5.74) is 0. The van der Waals surface area contributed by atoms with Crippen molar-refractivity contribution in [2.75, 3.05) is 47.5 Å². The van der Waals surface area contributed by atoms with E-state index in [1.807, 2.05) is 21.1 Å². The van der Waals surface area contributed by atoms with Crippen LogP contribution in [0.2, 0.25) is 0 Å². The van der Waals surface area contributed by atoms with E-state index in [1.54, 1.807) is 0 Å². The molecule has 548 valence electrons. The van der Waals surface area contributed by atoms with E-state index in [1.165, 1.54) is 186 Å². The Hall–Kier alpha value is -4.83. The lowest BCUT2D eigenvalue weighted by atomic mass is 10.0.